The monoisotopic (exact) mass is 485 g/mol. The van der Waals surface area contributed by atoms with Crippen LogP contribution >= 0.6 is 0 Å². The number of para-hydroxylation sites is 3. The normalized spacial score (nSPS) is 12.2. The van der Waals surface area contributed by atoms with Gasteiger partial charge in [-0.2, -0.15) is 0 Å². The smallest absolute Gasteiger partial charge is 0.160 e. The highest BCUT2D eigenvalue weighted by Crippen LogP contribution is 2.50. The van der Waals surface area contributed by atoms with Gasteiger partial charge in [-0.25, -0.2) is 9.97 Å². The first kappa shape index (κ1) is 19.9. The first-order chi connectivity index (χ1) is 18.9. The fourth-order valence-electron chi connectivity index (χ4n) is 6.27. The molecular weight excluding hydrogens is 466 g/mol. The molecule has 3 aromatic heterocycles. The fraction of sp³-hybridized carbons (Fsp3) is 0. The van der Waals surface area contributed by atoms with Crippen LogP contribution < -0.4 is 0 Å². The van der Waals surface area contributed by atoms with E-state index in [-0.39, 0.29) is 0 Å². The lowest BCUT2D eigenvalue weighted by Gasteiger charge is -2.14. The summed E-state index contributed by atoms with van der Waals surface area (Å²) in [6.45, 7) is 0. The molecule has 0 radical (unpaired) electrons. The maximum Gasteiger partial charge on any atom is 0.160 e. The summed E-state index contributed by atoms with van der Waals surface area (Å²) in [5, 5.41) is 4.72. The highest BCUT2D eigenvalue weighted by Gasteiger charge is 2.28. The van der Waals surface area contributed by atoms with E-state index in [9.17, 15) is 0 Å². The Labute approximate surface area is 217 Å². The van der Waals surface area contributed by atoms with Crippen molar-refractivity contribution in [2.45, 2.75) is 0 Å². The van der Waals surface area contributed by atoms with E-state index in [1.807, 2.05) is 12.1 Å². The number of hydrogen-bond donors (Lipinski definition) is 0. The highest BCUT2D eigenvalue weighted by atomic mass is 16.3. The third-order valence-electron chi connectivity index (χ3n) is 7.86. The molecule has 4 heteroatoms. The van der Waals surface area contributed by atoms with Gasteiger partial charge >= 0.3 is 0 Å². The maximum absolute atomic E-state index is 6.66. The van der Waals surface area contributed by atoms with Crippen molar-refractivity contribution in [1.29, 1.82) is 0 Å². The maximum atomic E-state index is 6.66. The predicted octanol–water partition coefficient (Wildman–Crippen LogP) is 8.79. The lowest BCUT2D eigenvalue weighted by Crippen LogP contribution is -1.96. The molecule has 0 aliphatic carbocycles. The molecule has 9 rings (SSSR count). The van der Waals surface area contributed by atoms with Gasteiger partial charge in [0.05, 0.1) is 16.7 Å². The Morgan fingerprint density at radius 2 is 1.34 bits per heavy atom. The second kappa shape index (κ2) is 7.17. The SMILES string of the molecule is c1cnc(-c2ccc3c(c2)-c2ccc4c(oc5ccccc54)c2-n2c4ccccc4c4cccc-3c42)nc1. The van der Waals surface area contributed by atoms with Gasteiger partial charge in [0.2, 0.25) is 0 Å². The van der Waals surface area contributed by atoms with Crippen LogP contribution in [0.1, 0.15) is 0 Å². The third-order valence-corrected chi connectivity index (χ3v) is 7.86. The quantitative estimate of drug-likeness (QED) is 0.233. The van der Waals surface area contributed by atoms with E-state index in [2.05, 4.69) is 106 Å². The van der Waals surface area contributed by atoms with Crippen molar-refractivity contribution < 1.29 is 4.42 Å². The van der Waals surface area contributed by atoms with Crippen LogP contribution in [0.15, 0.2) is 120 Å². The molecule has 176 valence electrons. The molecule has 5 aromatic carbocycles. The number of benzene rings is 5. The van der Waals surface area contributed by atoms with Crippen LogP contribution in [-0.4, -0.2) is 14.5 Å². The van der Waals surface area contributed by atoms with E-state index in [1.165, 1.54) is 32.9 Å². The van der Waals surface area contributed by atoms with Crippen molar-refractivity contribution in [3.8, 4) is 39.3 Å². The number of fused-ring (bicyclic) bond motifs is 12. The summed E-state index contributed by atoms with van der Waals surface area (Å²) in [7, 11) is 0. The molecule has 0 fully saturated rings. The largest absolute Gasteiger partial charge is 0.454 e. The lowest BCUT2D eigenvalue weighted by atomic mass is 9.91. The summed E-state index contributed by atoms with van der Waals surface area (Å²) >= 11 is 0. The number of nitrogens with zero attached hydrogens (tertiary/aromatic N) is 3. The molecule has 0 atom stereocenters. The van der Waals surface area contributed by atoms with Gasteiger partial charge in [-0.15, -0.1) is 0 Å². The zero-order valence-electron chi connectivity index (χ0n) is 20.2. The predicted molar refractivity (Wildman–Crippen MR) is 154 cm³/mol. The van der Waals surface area contributed by atoms with Gasteiger partial charge in [0.1, 0.15) is 5.58 Å². The van der Waals surface area contributed by atoms with E-state index in [0.717, 1.165) is 44.3 Å². The lowest BCUT2D eigenvalue weighted by molar-refractivity contribution is 0.666. The van der Waals surface area contributed by atoms with E-state index >= 15 is 0 Å². The summed E-state index contributed by atoms with van der Waals surface area (Å²) < 4.78 is 9.07. The molecule has 0 amide bonds. The average Bonchev–Trinajstić information content (AvgIpc) is 3.49. The first-order valence-corrected chi connectivity index (χ1v) is 12.8. The average molecular weight is 486 g/mol. The number of furan rings is 1. The van der Waals surface area contributed by atoms with Gasteiger partial charge in [0.25, 0.3) is 0 Å². The van der Waals surface area contributed by atoms with E-state index in [1.54, 1.807) is 12.4 Å². The van der Waals surface area contributed by atoms with Gasteiger partial charge < -0.3 is 8.98 Å². The van der Waals surface area contributed by atoms with E-state index in [4.69, 9.17) is 4.42 Å². The Morgan fingerprint density at radius 1 is 0.553 bits per heavy atom. The summed E-state index contributed by atoms with van der Waals surface area (Å²) in [5.41, 5.74) is 10.9. The molecule has 0 saturated heterocycles. The molecule has 0 unspecified atom stereocenters. The second-order valence-corrected chi connectivity index (χ2v) is 9.82. The standard InChI is InChI=1S/C34H19N3O/c1-3-11-29-22(7-1)25-10-5-9-24-21-14-13-20(34-35-17-6-18-36-34)19-28(21)26-15-16-27-23-8-2-4-12-30(23)38-33(27)32(26)37(29)31(24)25/h1-19H. The molecule has 38 heavy (non-hydrogen) atoms. The van der Waals surface area contributed by atoms with Crippen LogP contribution in [0.4, 0.5) is 0 Å². The van der Waals surface area contributed by atoms with Gasteiger partial charge in [-0.1, -0.05) is 72.8 Å². The molecule has 1 aliphatic heterocycles. The zero-order chi connectivity index (χ0) is 24.8. The summed E-state index contributed by atoms with van der Waals surface area (Å²) in [6, 6.07) is 36.5. The molecule has 0 spiro atoms. The van der Waals surface area contributed by atoms with Gasteiger partial charge in [0.15, 0.2) is 11.4 Å². The van der Waals surface area contributed by atoms with E-state index in [0.29, 0.717) is 5.82 Å². The highest BCUT2D eigenvalue weighted by molar-refractivity contribution is 6.19. The molecule has 0 saturated carbocycles. The van der Waals surface area contributed by atoms with Gasteiger partial charge in [-0.3, -0.25) is 0 Å². The summed E-state index contributed by atoms with van der Waals surface area (Å²) in [4.78, 5) is 9.06. The van der Waals surface area contributed by atoms with Crippen LogP contribution in [0.5, 0.6) is 0 Å². The molecule has 0 N–H and O–H groups in total. The van der Waals surface area contributed by atoms with Crippen molar-refractivity contribution in [2.75, 3.05) is 0 Å². The number of aromatic nitrogens is 3. The second-order valence-electron chi connectivity index (χ2n) is 9.82. The summed E-state index contributed by atoms with van der Waals surface area (Å²) in [5.74, 6) is 0.717. The zero-order valence-corrected chi connectivity index (χ0v) is 20.2. The topological polar surface area (TPSA) is 43.9 Å². The van der Waals surface area contributed by atoms with Gasteiger partial charge in [-0.05, 0) is 41.5 Å². The Balaban J connectivity index is 1.53. The minimum atomic E-state index is 0.717. The fourth-order valence-corrected chi connectivity index (χ4v) is 6.27. The minimum Gasteiger partial charge on any atom is -0.454 e. The Bertz CT molecular complexity index is 2240. The van der Waals surface area contributed by atoms with E-state index < -0.39 is 0 Å². The summed E-state index contributed by atoms with van der Waals surface area (Å²) in [6.07, 6.45) is 3.58. The number of rotatable bonds is 1. The Morgan fingerprint density at radius 3 is 2.26 bits per heavy atom. The first-order valence-electron chi connectivity index (χ1n) is 12.8. The molecule has 0 bridgehead atoms. The molecular formula is C34H19N3O. The van der Waals surface area contributed by atoms with Crippen molar-refractivity contribution in [2.24, 2.45) is 0 Å². The van der Waals surface area contributed by atoms with Crippen molar-refractivity contribution in [3.05, 3.63) is 116 Å². The van der Waals surface area contributed by atoms with Gasteiger partial charge in [0, 0.05) is 50.6 Å². The van der Waals surface area contributed by atoms with Crippen LogP contribution in [0.2, 0.25) is 0 Å². The van der Waals surface area contributed by atoms with Crippen LogP contribution in [0, 0.1) is 0 Å². The van der Waals surface area contributed by atoms with Crippen molar-refractivity contribution in [1.82, 2.24) is 14.5 Å². The number of hydrogen-bond acceptors (Lipinski definition) is 3. The Hall–Kier alpha value is -5.22. The van der Waals surface area contributed by atoms with Crippen molar-refractivity contribution >= 4 is 43.7 Å². The van der Waals surface area contributed by atoms with Crippen molar-refractivity contribution in [3.63, 3.8) is 0 Å². The molecule has 8 aromatic rings. The van der Waals surface area contributed by atoms with Crippen LogP contribution in [0.25, 0.3) is 83.1 Å². The van der Waals surface area contributed by atoms with Crippen LogP contribution in [0.3, 0.4) is 0 Å². The molecule has 4 nitrogen and oxygen atoms in total. The minimum absolute atomic E-state index is 0.717. The third kappa shape index (κ3) is 2.49. The molecule has 4 heterocycles. The van der Waals surface area contributed by atoms with Crippen LogP contribution in [-0.2, 0) is 0 Å². The molecule has 1 aliphatic rings. The Kier molecular flexibility index (Phi) is 3.76.